The molecule has 1 fully saturated rings. The number of amides is 1. The number of nitrogens with one attached hydrogen (secondary N) is 1. The first-order valence-corrected chi connectivity index (χ1v) is 6.95. The maximum atomic E-state index is 12.5. The second-order valence-electron chi connectivity index (χ2n) is 5.75. The Morgan fingerprint density at radius 2 is 2.16 bits per heavy atom. The number of hydrogen-bond donors (Lipinski definition) is 1. The van der Waals surface area contributed by atoms with Crippen LogP contribution in [0.4, 0.5) is 5.69 Å². The molecule has 2 aliphatic rings. The molecule has 1 N–H and O–H groups in total. The highest BCUT2D eigenvalue weighted by atomic mass is 16.2. The van der Waals surface area contributed by atoms with Crippen molar-refractivity contribution < 1.29 is 4.79 Å². The molecule has 3 rings (SSSR count). The van der Waals surface area contributed by atoms with Gasteiger partial charge in [-0.2, -0.15) is 0 Å². The fourth-order valence-corrected chi connectivity index (χ4v) is 3.03. The van der Waals surface area contributed by atoms with Crippen LogP contribution in [0, 0.1) is 0 Å². The third kappa shape index (κ3) is 2.32. The van der Waals surface area contributed by atoms with E-state index >= 15 is 0 Å². The van der Waals surface area contributed by atoms with Gasteiger partial charge in [-0.05, 0) is 32.1 Å². The van der Waals surface area contributed by atoms with E-state index in [0.717, 1.165) is 31.6 Å². The number of carbonyl (C=O) groups excluding carboxylic acids is 1. The first-order chi connectivity index (χ1) is 9.15. The monoisotopic (exact) mass is 259 g/mol. The van der Waals surface area contributed by atoms with E-state index < -0.39 is 0 Å². The van der Waals surface area contributed by atoms with Gasteiger partial charge in [-0.1, -0.05) is 18.2 Å². The normalized spacial score (nSPS) is 25.5. The summed E-state index contributed by atoms with van der Waals surface area (Å²) in [5.74, 6) is 0.251. The van der Waals surface area contributed by atoms with E-state index in [1.807, 2.05) is 17.0 Å². The molecule has 0 spiro atoms. The maximum absolute atomic E-state index is 12.5. The van der Waals surface area contributed by atoms with Crippen LogP contribution >= 0.6 is 0 Å². The SMILES string of the molecule is CN(C)[C@H]1CCN(C(=O)[C@H]2Cc3ccccc3N2)C1. The topological polar surface area (TPSA) is 35.6 Å². The summed E-state index contributed by atoms with van der Waals surface area (Å²) in [6.45, 7) is 1.75. The highest BCUT2D eigenvalue weighted by molar-refractivity contribution is 5.87. The summed E-state index contributed by atoms with van der Waals surface area (Å²) in [7, 11) is 4.17. The Bertz CT molecular complexity index is 461. The second kappa shape index (κ2) is 4.85. The van der Waals surface area contributed by atoms with Gasteiger partial charge in [0.15, 0.2) is 0 Å². The summed E-state index contributed by atoms with van der Waals surface area (Å²) < 4.78 is 0. The van der Waals surface area contributed by atoms with Crippen molar-refractivity contribution in [1.82, 2.24) is 9.80 Å². The van der Waals surface area contributed by atoms with Gasteiger partial charge in [0.2, 0.25) is 5.91 Å². The van der Waals surface area contributed by atoms with E-state index in [0.29, 0.717) is 6.04 Å². The zero-order valence-electron chi connectivity index (χ0n) is 11.6. The van der Waals surface area contributed by atoms with Gasteiger partial charge in [-0.3, -0.25) is 4.79 Å². The first-order valence-electron chi connectivity index (χ1n) is 6.95. The van der Waals surface area contributed by atoms with Crippen LogP contribution in [-0.2, 0) is 11.2 Å². The molecule has 1 amide bonds. The molecule has 0 radical (unpaired) electrons. The average Bonchev–Trinajstić information content (AvgIpc) is 3.04. The maximum Gasteiger partial charge on any atom is 0.245 e. The number of likely N-dealkylation sites (N-methyl/N-ethyl adjacent to an activating group) is 1. The van der Waals surface area contributed by atoms with E-state index in [4.69, 9.17) is 0 Å². The summed E-state index contributed by atoms with van der Waals surface area (Å²) in [6.07, 6.45) is 1.90. The van der Waals surface area contributed by atoms with Crippen LogP contribution in [0.1, 0.15) is 12.0 Å². The number of rotatable bonds is 2. The van der Waals surface area contributed by atoms with Crippen LogP contribution in [0.2, 0.25) is 0 Å². The largest absolute Gasteiger partial charge is 0.373 e. The molecule has 0 bridgehead atoms. The van der Waals surface area contributed by atoms with Crippen molar-refractivity contribution in [2.24, 2.45) is 0 Å². The van der Waals surface area contributed by atoms with Crippen molar-refractivity contribution in [2.75, 3.05) is 32.5 Å². The molecule has 19 heavy (non-hydrogen) atoms. The highest BCUT2D eigenvalue weighted by Crippen LogP contribution is 2.27. The van der Waals surface area contributed by atoms with Gasteiger partial charge in [-0.15, -0.1) is 0 Å². The van der Waals surface area contributed by atoms with Crippen LogP contribution < -0.4 is 5.32 Å². The number of anilines is 1. The number of benzene rings is 1. The fraction of sp³-hybridized carbons (Fsp3) is 0.533. The molecule has 0 aliphatic carbocycles. The molecule has 0 unspecified atom stereocenters. The fourth-order valence-electron chi connectivity index (χ4n) is 3.03. The van der Waals surface area contributed by atoms with E-state index in [9.17, 15) is 4.79 Å². The third-order valence-electron chi connectivity index (χ3n) is 4.27. The minimum atomic E-state index is -0.0710. The highest BCUT2D eigenvalue weighted by Gasteiger charge is 2.34. The zero-order chi connectivity index (χ0) is 13.4. The van der Waals surface area contributed by atoms with Crippen LogP contribution in [0.5, 0.6) is 0 Å². The lowest BCUT2D eigenvalue weighted by Gasteiger charge is -2.23. The smallest absolute Gasteiger partial charge is 0.245 e. The van der Waals surface area contributed by atoms with Gasteiger partial charge in [0.05, 0.1) is 0 Å². The summed E-state index contributed by atoms with van der Waals surface area (Å²) >= 11 is 0. The van der Waals surface area contributed by atoms with Crippen LogP contribution in [0.25, 0.3) is 0 Å². The summed E-state index contributed by atoms with van der Waals surface area (Å²) in [6, 6.07) is 8.63. The van der Waals surface area contributed by atoms with E-state index in [2.05, 4.69) is 36.4 Å². The molecule has 0 aromatic heterocycles. The number of para-hydroxylation sites is 1. The lowest BCUT2D eigenvalue weighted by Crippen LogP contribution is -2.42. The quantitative estimate of drug-likeness (QED) is 0.866. The Hall–Kier alpha value is -1.55. The van der Waals surface area contributed by atoms with Crippen molar-refractivity contribution in [3.05, 3.63) is 29.8 Å². The van der Waals surface area contributed by atoms with Crippen molar-refractivity contribution in [2.45, 2.75) is 24.9 Å². The molecular weight excluding hydrogens is 238 g/mol. The molecule has 2 aliphatic heterocycles. The lowest BCUT2D eigenvalue weighted by atomic mass is 10.1. The van der Waals surface area contributed by atoms with E-state index in [1.54, 1.807) is 0 Å². The molecule has 1 aromatic carbocycles. The minimum Gasteiger partial charge on any atom is -0.373 e. The van der Waals surface area contributed by atoms with E-state index in [1.165, 1.54) is 5.56 Å². The molecule has 2 atom stereocenters. The molecule has 2 heterocycles. The lowest BCUT2D eigenvalue weighted by molar-refractivity contribution is -0.131. The first kappa shape index (κ1) is 12.5. The molecule has 4 nitrogen and oxygen atoms in total. The number of fused-ring (bicyclic) bond motifs is 1. The van der Waals surface area contributed by atoms with Crippen molar-refractivity contribution in [3.8, 4) is 0 Å². The van der Waals surface area contributed by atoms with Crippen LogP contribution in [0.3, 0.4) is 0 Å². The number of carbonyl (C=O) groups is 1. The molecule has 1 saturated heterocycles. The van der Waals surface area contributed by atoms with Gasteiger partial charge in [0.1, 0.15) is 6.04 Å². The van der Waals surface area contributed by atoms with Gasteiger partial charge in [-0.25, -0.2) is 0 Å². The predicted molar refractivity (Wildman–Crippen MR) is 76.2 cm³/mol. The Morgan fingerprint density at radius 3 is 2.84 bits per heavy atom. The minimum absolute atomic E-state index is 0.0710. The number of hydrogen-bond acceptors (Lipinski definition) is 3. The average molecular weight is 259 g/mol. The summed E-state index contributed by atoms with van der Waals surface area (Å²) in [4.78, 5) is 16.7. The Kier molecular flexibility index (Phi) is 3.19. The van der Waals surface area contributed by atoms with Crippen molar-refractivity contribution in [1.29, 1.82) is 0 Å². The predicted octanol–water partition coefficient (Wildman–Crippen LogP) is 1.19. The second-order valence-corrected chi connectivity index (χ2v) is 5.75. The van der Waals surface area contributed by atoms with Gasteiger partial charge in [0, 0.05) is 31.2 Å². The number of nitrogens with zero attached hydrogens (tertiary/aromatic N) is 2. The van der Waals surface area contributed by atoms with Gasteiger partial charge in [0.25, 0.3) is 0 Å². The molecule has 4 heteroatoms. The van der Waals surface area contributed by atoms with Gasteiger partial charge >= 0.3 is 0 Å². The van der Waals surface area contributed by atoms with Crippen LogP contribution in [-0.4, -0.2) is 55.0 Å². The molecular formula is C15H21N3O. The summed E-state index contributed by atoms with van der Waals surface area (Å²) in [5.41, 5.74) is 2.37. The Labute approximate surface area is 114 Å². The molecule has 102 valence electrons. The van der Waals surface area contributed by atoms with E-state index in [-0.39, 0.29) is 11.9 Å². The van der Waals surface area contributed by atoms with Crippen molar-refractivity contribution in [3.63, 3.8) is 0 Å². The van der Waals surface area contributed by atoms with Crippen molar-refractivity contribution >= 4 is 11.6 Å². The van der Waals surface area contributed by atoms with Gasteiger partial charge < -0.3 is 15.1 Å². The summed E-state index contributed by atoms with van der Waals surface area (Å²) in [5, 5.41) is 3.35. The van der Waals surface area contributed by atoms with Crippen LogP contribution in [0.15, 0.2) is 24.3 Å². The zero-order valence-corrected chi connectivity index (χ0v) is 11.6. The standard InChI is InChI=1S/C15H21N3O/c1-17(2)12-7-8-18(10-12)15(19)14-9-11-5-3-4-6-13(11)16-14/h3-6,12,14,16H,7-10H2,1-2H3/t12-,14+/m0/s1. The Balaban J connectivity index is 1.64. The Morgan fingerprint density at radius 1 is 1.37 bits per heavy atom. The molecule has 0 saturated carbocycles. The number of likely N-dealkylation sites (tertiary alicyclic amines) is 1. The molecule has 1 aromatic rings. The third-order valence-corrected chi connectivity index (χ3v) is 4.27.